The molecule has 264 valence electrons. The first-order valence-corrected chi connectivity index (χ1v) is 18.7. The maximum atomic E-state index is 6.42. The van der Waals surface area contributed by atoms with Gasteiger partial charge in [-0.3, -0.25) is 10.0 Å². The molecule has 2 heterocycles. The molecule has 0 aliphatic carbocycles. The number of para-hydroxylation sites is 4. The van der Waals surface area contributed by atoms with Crippen LogP contribution in [0.1, 0.15) is 66.4 Å². The molecule has 0 N–H and O–H groups in total. The van der Waals surface area contributed by atoms with Gasteiger partial charge in [0.2, 0.25) is 0 Å². The van der Waals surface area contributed by atoms with Crippen LogP contribution in [0.5, 0.6) is 11.5 Å². The Morgan fingerprint density at radius 2 is 0.774 bits per heavy atom. The topological polar surface area (TPSA) is 49.7 Å². The van der Waals surface area contributed by atoms with Crippen LogP contribution in [0.3, 0.4) is 0 Å². The Balaban J connectivity index is 0.873. The summed E-state index contributed by atoms with van der Waals surface area (Å²) in [6, 6.07) is 59.0. The molecule has 0 bridgehead atoms. The first kappa shape index (κ1) is 34.0. The van der Waals surface area contributed by atoms with E-state index in [0.29, 0.717) is 13.2 Å². The first-order valence-electron chi connectivity index (χ1n) is 18.7. The summed E-state index contributed by atoms with van der Waals surface area (Å²) in [6.45, 7) is 1.27. The number of rotatable bonds is 14. The average molecular weight is 697 g/mol. The highest BCUT2D eigenvalue weighted by Gasteiger charge is 2.32. The van der Waals surface area contributed by atoms with Crippen molar-refractivity contribution in [3.8, 4) is 11.5 Å². The van der Waals surface area contributed by atoms with Crippen LogP contribution >= 0.6 is 0 Å². The van der Waals surface area contributed by atoms with Crippen molar-refractivity contribution in [3.05, 3.63) is 192 Å². The summed E-state index contributed by atoms with van der Waals surface area (Å²) in [5.41, 5.74) is 8.87. The molecule has 0 spiro atoms. The zero-order chi connectivity index (χ0) is 35.7. The molecule has 2 aliphatic rings. The number of hydrogen-bond donors (Lipinski definition) is 0. The van der Waals surface area contributed by atoms with E-state index in [-0.39, 0.29) is 12.1 Å². The van der Waals surface area contributed by atoms with Gasteiger partial charge in [0, 0.05) is 24.0 Å². The molecule has 2 unspecified atom stereocenters. The fourth-order valence-corrected chi connectivity index (χ4v) is 7.26. The highest BCUT2D eigenvalue weighted by Crippen LogP contribution is 2.39. The zero-order valence-corrected chi connectivity index (χ0v) is 29.9. The summed E-state index contributed by atoms with van der Waals surface area (Å²) in [5.74, 6) is 1.77. The van der Waals surface area contributed by atoms with Crippen LogP contribution in [-0.2, 0) is 0 Å². The van der Waals surface area contributed by atoms with Gasteiger partial charge in [-0.1, -0.05) is 121 Å². The van der Waals surface area contributed by atoms with E-state index in [0.717, 1.165) is 77.5 Å². The van der Waals surface area contributed by atoms with Gasteiger partial charge in [0.1, 0.15) is 11.5 Å². The normalized spacial score (nSPS) is 16.7. The number of nitrogens with zero attached hydrogens (tertiary/aromatic N) is 4. The van der Waals surface area contributed by atoms with Gasteiger partial charge >= 0.3 is 0 Å². The molecule has 2 atom stereocenters. The summed E-state index contributed by atoms with van der Waals surface area (Å²) in [4.78, 5) is 0. The second-order valence-corrected chi connectivity index (χ2v) is 13.5. The molecule has 6 aromatic rings. The Hall–Kier alpha value is -6.14. The molecule has 0 saturated carbocycles. The Morgan fingerprint density at radius 3 is 1.19 bits per heavy atom. The molecular formula is C47H44N4O2. The van der Waals surface area contributed by atoms with E-state index in [2.05, 4.69) is 156 Å². The lowest BCUT2D eigenvalue weighted by atomic mass is 9.97. The molecule has 0 saturated heterocycles. The first-order chi connectivity index (χ1) is 26.3. The third-order valence-corrected chi connectivity index (χ3v) is 9.93. The minimum Gasteiger partial charge on any atom is -0.493 e. The van der Waals surface area contributed by atoms with E-state index in [9.17, 15) is 0 Å². The predicted octanol–water partition coefficient (Wildman–Crippen LogP) is 11.0. The molecule has 6 heteroatoms. The van der Waals surface area contributed by atoms with Crippen LogP contribution < -0.4 is 19.5 Å². The minimum absolute atomic E-state index is 0.126. The van der Waals surface area contributed by atoms with E-state index in [4.69, 9.17) is 19.7 Å². The van der Waals surface area contributed by atoms with Crippen LogP contribution in [0, 0.1) is 0 Å². The lowest BCUT2D eigenvalue weighted by Crippen LogP contribution is -2.18. The molecule has 0 radical (unpaired) electrons. The van der Waals surface area contributed by atoms with Crippen molar-refractivity contribution in [1.82, 2.24) is 0 Å². The highest BCUT2D eigenvalue weighted by atomic mass is 16.5. The van der Waals surface area contributed by atoms with E-state index in [1.54, 1.807) is 0 Å². The zero-order valence-electron chi connectivity index (χ0n) is 29.9. The fraction of sp³-hybridized carbons (Fsp3) is 0.191. The maximum Gasteiger partial charge on any atom is 0.128 e. The van der Waals surface area contributed by atoms with E-state index >= 15 is 0 Å². The summed E-state index contributed by atoms with van der Waals surface area (Å²) in [7, 11) is 0. The van der Waals surface area contributed by atoms with Crippen molar-refractivity contribution in [2.24, 2.45) is 10.2 Å². The van der Waals surface area contributed by atoms with Gasteiger partial charge in [-0.05, 0) is 78.9 Å². The van der Waals surface area contributed by atoms with Crippen molar-refractivity contribution < 1.29 is 9.47 Å². The van der Waals surface area contributed by atoms with Gasteiger partial charge < -0.3 is 9.47 Å². The molecule has 8 rings (SSSR count). The predicted molar refractivity (Wildman–Crippen MR) is 216 cm³/mol. The SMILES string of the molecule is c1ccc(C2CC(c3ccccc3OCCCCCOc3ccccc3C3=NN(c4ccccc4)C(c4ccccc4)C3)=NN2c2ccccc2)cc1. The summed E-state index contributed by atoms with van der Waals surface area (Å²) in [6.07, 6.45) is 4.49. The Bertz CT molecular complexity index is 1980. The number of anilines is 2. The standard InChI is InChI=1S/C47H44N4O2/c1-6-20-36(21-7-1)44-34-42(48-50(44)38-24-10-3-11-25-38)40-28-14-16-30-46(40)52-32-18-5-19-33-53-47-31-17-15-29-41(47)43-35-45(37-22-8-2-9-23-37)51(49-43)39-26-12-4-13-27-39/h1-4,6-17,20-31,44-45H,5,18-19,32-35H2. The number of benzene rings is 6. The molecule has 0 aromatic heterocycles. The molecule has 53 heavy (non-hydrogen) atoms. The summed E-state index contributed by atoms with van der Waals surface area (Å²) >= 11 is 0. The van der Waals surface area contributed by atoms with Gasteiger partial charge in [-0.2, -0.15) is 10.2 Å². The van der Waals surface area contributed by atoms with Crippen LogP contribution in [0.2, 0.25) is 0 Å². The Kier molecular flexibility index (Phi) is 10.6. The molecule has 0 fully saturated rings. The van der Waals surface area contributed by atoms with Crippen LogP contribution in [0.4, 0.5) is 11.4 Å². The van der Waals surface area contributed by atoms with Crippen molar-refractivity contribution in [3.63, 3.8) is 0 Å². The number of hydrogen-bond acceptors (Lipinski definition) is 6. The molecular weight excluding hydrogens is 653 g/mol. The van der Waals surface area contributed by atoms with Crippen LogP contribution in [-0.4, -0.2) is 24.6 Å². The van der Waals surface area contributed by atoms with Gasteiger partial charge in [-0.15, -0.1) is 0 Å². The Labute approximate surface area is 312 Å². The third-order valence-electron chi connectivity index (χ3n) is 9.93. The quantitative estimate of drug-likeness (QED) is 0.106. The molecule has 6 aromatic carbocycles. The van der Waals surface area contributed by atoms with E-state index < -0.39 is 0 Å². The maximum absolute atomic E-state index is 6.42. The van der Waals surface area contributed by atoms with Gasteiger partial charge in [-0.25, -0.2) is 0 Å². The average Bonchev–Trinajstić information content (AvgIpc) is 3.89. The van der Waals surface area contributed by atoms with Crippen molar-refractivity contribution in [2.45, 2.75) is 44.2 Å². The largest absolute Gasteiger partial charge is 0.493 e. The van der Waals surface area contributed by atoms with Crippen molar-refractivity contribution >= 4 is 22.8 Å². The second kappa shape index (κ2) is 16.5. The monoisotopic (exact) mass is 696 g/mol. The highest BCUT2D eigenvalue weighted by molar-refractivity contribution is 6.06. The van der Waals surface area contributed by atoms with Crippen molar-refractivity contribution in [2.75, 3.05) is 23.2 Å². The molecule has 2 aliphatic heterocycles. The van der Waals surface area contributed by atoms with E-state index in [1.165, 1.54) is 11.1 Å². The minimum atomic E-state index is 0.126. The summed E-state index contributed by atoms with van der Waals surface area (Å²) < 4.78 is 12.8. The lowest BCUT2D eigenvalue weighted by molar-refractivity contribution is 0.279. The smallest absolute Gasteiger partial charge is 0.128 e. The number of hydrazone groups is 2. The van der Waals surface area contributed by atoms with Gasteiger partial charge in [0.05, 0.1) is 48.1 Å². The summed E-state index contributed by atoms with van der Waals surface area (Å²) in [5, 5.41) is 14.6. The van der Waals surface area contributed by atoms with E-state index in [1.807, 2.05) is 24.3 Å². The van der Waals surface area contributed by atoms with Gasteiger partial charge in [0.25, 0.3) is 0 Å². The van der Waals surface area contributed by atoms with Gasteiger partial charge in [0.15, 0.2) is 0 Å². The van der Waals surface area contributed by atoms with Crippen LogP contribution in [0.25, 0.3) is 0 Å². The number of ether oxygens (including phenoxy) is 2. The third kappa shape index (κ3) is 7.87. The molecule has 0 amide bonds. The lowest BCUT2D eigenvalue weighted by Gasteiger charge is -2.23. The molecule has 6 nitrogen and oxygen atoms in total. The Morgan fingerprint density at radius 1 is 0.415 bits per heavy atom. The van der Waals surface area contributed by atoms with Crippen LogP contribution in [0.15, 0.2) is 180 Å². The fourth-order valence-electron chi connectivity index (χ4n) is 7.26. The van der Waals surface area contributed by atoms with Crippen molar-refractivity contribution in [1.29, 1.82) is 0 Å². The number of unbranched alkanes of at least 4 members (excludes halogenated alkanes) is 2. The second-order valence-electron chi connectivity index (χ2n) is 13.5.